The number of ether oxygens (including phenoxy) is 1. The van der Waals surface area contributed by atoms with Gasteiger partial charge in [0.15, 0.2) is 12.2 Å². The number of nitrogens with zero attached hydrogens (tertiary/aromatic N) is 3. The average molecular weight is 465 g/mol. The van der Waals surface area contributed by atoms with Gasteiger partial charge in [0, 0.05) is 24.3 Å². The van der Waals surface area contributed by atoms with Crippen molar-refractivity contribution in [2.75, 3.05) is 0 Å². The molecule has 0 unspecified atom stereocenters. The van der Waals surface area contributed by atoms with E-state index in [1.807, 2.05) is 37.3 Å². The Bertz CT molecular complexity index is 1590. The van der Waals surface area contributed by atoms with Crippen molar-refractivity contribution >= 4 is 33.7 Å². The van der Waals surface area contributed by atoms with Crippen molar-refractivity contribution in [2.24, 2.45) is 7.05 Å². The van der Waals surface area contributed by atoms with Gasteiger partial charge < -0.3 is 14.1 Å². The zero-order chi connectivity index (χ0) is 23.1. The molecule has 168 valence electrons. The second-order valence-corrected chi connectivity index (χ2v) is 8.21. The third kappa shape index (κ3) is 3.82. The van der Waals surface area contributed by atoms with Crippen LogP contribution in [0.1, 0.15) is 19.2 Å². The largest absolute Gasteiger partial charge is 0.484 e. The fraction of sp³-hybridized carbons (Fsp3) is 0.208. The van der Waals surface area contributed by atoms with Crippen LogP contribution in [0.25, 0.3) is 33.4 Å². The number of aryl methyl sites for hydroxylation is 1. The molecular weight excluding hydrogens is 444 g/mol. The van der Waals surface area contributed by atoms with Gasteiger partial charge in [-0.3, -0.25) is 13.9 Å². The summed E-state index contributed by atoms with van der Waals surface area (Å²) in [5, 5.41) is 0.597. The molecule has 5 aromatic rings. The second-order valence-electron chi connectivity index (χ2n) is 7.77. The van der Waals surface area contributed by atoms with Crippen molar-refractivity contribution in [3.63, 3.8) is 0 Å². The Kier molecular flexibility index (Phi) is 5.30. The molecule has 3 aromatic heterocycles. The number of aromatic nitrogens is 4. The lowest BCUT2D eigenvalue weighted by Crippen LogP contribution is -2.38. The molecule has 5 rings (SSSR count). The van der Waals surface area contributed by atoms with E-state index in [-0.39, 0.29) is 17.9 Å². The van der Waals surface area contributed by atoms with Crippen molar-refractivity contribution in [3.05, 3.63) is 80.3 Å². The number of halogens is 1. The third-order valence-electron chi connectivity index (χ3n) is 5.50. The number of nitrogens with one attached hydrogen (secondary N) is 1. The molecule has 0 amide bonds. The highest BCUT2D eigenvalue weighted by Gasteiger charge is 2.14. The van der Waals surface area contributed by atoms with E-state index in [2.05, 4.69) is 9.97 Å². The summed E-state index contributed by atoms with van der Waals surface area (Å²) >= 11 is 5.99. The highest BCUT2D eigenvalue weighted by atomic mass is 35.5. The predicted octanol–water partition coefficient (Wildman–Crippen LogP) is 4.48. The Morgan fingerprint density at radius 2 is 1.91 bits per heavy atom. The van der Waals surface area contributed by atoms with Gasteiger partial charge in [0.25, 0.3) is 5.56 Å². The number of oxazole rings is 1. The van der Waals surface area contributed by atoms with E-state index in [9.17, 15) is 9.59 Å². The summed E-state index contributed by atoms with van der Waals surface area (Å²) in [7, 11) is 1.67. The van der Waals surface area contributed by atoms with Gasteiger partial charge in [-0.2, -0.15) is 0 Å². The molecule has 0 radical (unpaired) electrons. The van der Waals surface area contributed by atoms with Crippen LogP contribution >= 0.6 is 11.6 Å². The first-order chi connectivity index (χ1) is 15.9. The standard InChI is InChI=1S/C24H21ClN4O4/c1-3-10-29-23(30)22-19(28(2)24(29)31)12-17(27-22)14-4-7-16(8-5-14)32-13-21-26-18-11-15(25)6-9-20(18)33-21/h4-9,11-12,27H,3,10,13H2,1-2H3. The van der Waals surface area contributed by atoms with Crippen molar-refractivity contribution in [1.29, 1.82) is 0 Å². The maximum atomic E-state index is 12.8. The SMILES string of the molecule is CCCn1c(=O)c2[nH]c(-c3ccc(OCc4nc5cc(Cl)ccc5o4)cc3)cc2n(C)c1=O. The molecule has 0 saturated carbocycles. The number of hydrogen-bond acceptors (Lipinski definition) is 5. The zero-order valence-corrected chi connectivity index (χ0v) is 18.8. The molecule has 3 heterocycles. The van der Waals surface area contributed by atoms with Gasteiger partial charge in [0.1, 0.15) is 16.8 Å². The summed E-state index contributed by atoms with van der Waals surface area (Å²) < 4.78 is 14.2. The van der Waals surface area contributed by atoms with Crippen molar-refractivity contribution < 1.29 is 9.15 Å². The van der Waals surface area contributed by atoms with E-state index in [0.29, 0.717) is 51.8 Å². The summed E-state index contributed by atoms with van der Waals surface area (Å²) in [6.07, 6.45) is 0.701. The predicted molar refractivity (Wildman–Crippen MR) is 127 cm³/mol. The van der Waals surface area contributed by atoms with Crippen LogP contribution in [-0.2, 0) is 20.2 Å². The first kappa shape index (κ1) is 21.1. The van der Waals surface area contributed by atoms with E-state index >= 15 is 0 Å². The molecule has 9 heteroatoms. The van der Waals surface area contributed by atoms with E-state index < -0.39 is 0 Å². The molecule has 2 aromatic carbocycles. The molecular formula is C24H21ClN4O4. The molecule has 0 fully saturated rings. The number of hydrogen-bond donors (Lipinski definition) is 1. The van der Waals surface area contributed by atoms with Crippen LogP contribution in [0.4, 0.5) is 0 Å². The van der Waals surface area contributed by atoms with Crippen LogP contribution in [0, 0.1) is 0 Å². The summed E-state index contributed by atoms with van der Waals surface area (Å²) in [6, 6.07) is 14.5. The van der Waals surface area contributed by atoms with Gasteiger partial charge in [0.2, 0.25) is 5.89 Å². The quantitative estimate of drug-likeness (QED) is 0.400. The van der Waals surface area contributed by atoms with Gasteiger partial charge in [-0.25, -0.2) is 9.78 Å². The second kappa shape index (κ2) is 8.29. The normalized spacial score (nSPS) is 11.5. The minimum Gasteiger partial charge on any atom is -0.484 e. The molecule has 1 N–H and O–H groups in total. The molecule has 0 saturated heterocycles. The molecule has 0 bridgehead atoms. The molecule has 0 aliphatic heterocycles. The topological polar surface area (TPSA) is 95.0 Å². The van der Waals surface area contributed by atoms with Gasteiger partial charge in [-0.05, 0) is 60.5 Å². The van der Waals surface area contributed by atoms with Gasteiger partial charge in [-0.1, -0.05) is 18.5 Å². The minimum absolute atomic E-state index is 0.178. The highest BCUT2D eigenvalue weighted by molar-refractivity contribution is 6.31. The zero-order valence-electron chi connectivity index (χ0n) is 18.1. The minimum atomic E-state index is -0.315. The Morgan fingerprint density at radius 3 is 2.67 bits per heavy atom. The number of benzene rings is 2. The van der Waals surface area contributed by atoms with Crippen LogP contribution in [-0.4, -0.2) is 19.1 Å². The Hall–Kier alpha value is -3.78. The van der Waals surface area contributed by atoms with Crippen LogP contribution in [0.2, 0.25) is 5.02 Å². The number of fused-ring (bicyclic) bond motifs is 2. The average Bonchev–Trinajstić information content (AvgIpc) is 3.44. The van der Waals surface area contributed by atoms with Crippen molar-refractivity contribution in [1.82, 2.24) is 19.1 Å². The first-order valence-corrected chi connectivity index (χ1v) is 10.9. The smallest absolute Gasteiger partial charge is 0.331 e. The summed E-state index contributed by atoms with van der Waals surface area (Å²) in [5.41, 5.74) is 3.31. The fourth-order valence-corrected chi connectivity index (χ4v) is 4.01. The highest BCUT2D eigenvalue weighted by Crippen LogP contribution is 2.25. The van der Waals surface area contributed by atoms with Gasteiger partial charge >= 0.3 is 5.69 Å². The molecule has 0 atom stereocenters. The third-order valence-corrected chi connectivity index (χ3v) is 5.74. The molecule has 0 aliphatic carbocycles. The first-order valence-electron chi connectivity index (χ1n) is 10.6. The number of rotatable bonds is 6. The Morgan fingerprint density at radius 1 is 1.12 bits per heavy atom. The van der Waals surface area contributed by atoms with Crippen LogP contribution in [0.15, 0.2) is 62.5 Å². The molecule has 33 heavy (non-hydrogen) atoms. The van der Waals surface area contributed by atoms with Gasteiger partial charge in [-0.15, -0.1) is 0 Å². The lowest BCUT2D eigenvalue weighted by atomic mass is 10.1. The van der Waals surface area contributed by atoms with Gasteiger partial charge in [0.05, 0.1) is 5.52 Å². The van der Waals surface area contributed by atoms with Crippen LogP contribution in [0.3, 0.4) is 0 Å². The van der Waals surface area contributed by atoms with Crippen LogP contribution in [0.5, 0.6) is 5.75 Å². The molecule has 8 nitrogen and oxygen atoms in total. The van der Waals surface area contributed by atoms with E-state index in [1.165, 1.54) is 9.13 Å². The van der Waals surface area contributed by atoms with E-state index in [1.54, 1.807) is 25.2 Å². The number of aromatic amines is 1. The summed E-state index contributed by atoms with van der Waals surface area (Å²) in [5.74, 6) is 1.10. The Labute approximate surface area is 193 Å². The lowest BCUT2D eigenvalue weighted by Gasteiger charge is -2.06. The van der Waals surface area contributed by atoms with Crippen molar-refractivity contribution in [2.45, 2.75) is 26.5 Å². The lowest BCUT2D eigenvalue weighted by molar-refractivity contribution is 0.267. The maximum absolute atomic E-state index is 12.8. The Balaban J connectivity index is 1.38. The van der Waals surface area contributed by atoms with E-state index in [0.717, 1.165) is 11.3 Å². The van der Waals surface area contributed by atoms with E-state index in [4.69, 9.17) is 20.8 Å². The molecule has 0 aliphatic rings. The summed E-state index contributed by atoms with van der Waals surface area (Å²) in [4.78, 5) is 32.8. The summed E-state index contributed by atoms with van der Waals surface area (Å²) in [6.45, 7) is 2.49. The molecule has 0 spiro atoms. The van der Waals surface area contributed by atoms with Crippen LogP contribution < -0.4 is 16.0 Å². The fourth-order valence-electron chi connectivity index (χ4n) is 3.84. The van der Waals surface area contributed by atoms with Crippen molar-refractivity contribution in [3.8, 4) is 17.0 Å². The maximum Gasteiger partial charge on any atom is 0.331 e. The monoisotopic (exact) mass is 464 g/mol. The number of H-pyrrole nitrogens is 1.